The zero-order valence-corrected chi connectivity index (χ0v) is 12.2. The summed E-state index contributed by atoms with van der Waals surface area (Å²) in [4.78, 5) is 14.9. The zero-order valence-electron chi connectivity index (χ0n) is 12.2. The first-order chi connectivity index (χ1) is 10.7. The highest BCUT2D eigenvalue weighted by Gasteiger charge is 2.38. The highest BCUT2D eigenvalue weighted by atomic mass is 16.5. The Bertz CT molecular complexity index is 752. The molecule has 0 saturated carbocycles. The van der Waals surface area contributed by atoms with Crippen LogP contribution in [-0.2, 0) is 10.5 Å². The van der Waals surface area contributed by atoms with E-state index in [0.717, 1.165) is 11.1 Å². The average molecular weight is 293 g/mol. The van der Waals surface area contributed by atoms with Gasteiger partial charge in [0.25, 0.3) is 0 Å². The molecular weight excluding hydrogens is 278 g/mol. The maximum atomic E-state index is 11.0. The first kappa shape index (κ1) is 14.2. The van der Waals surface area contributed by atoms with Crippen LogP contribution in [0.25, 0.3) is 0 Å². The van der Waals surface area contributed by atoms with Gasteiger partial charge in [-0.25, -0.2) is 4.79 Å². The van der Waals surface area contributed by atoms with Crippen molar-refractivity contribution in [2.45, 2.75) is 19.0 Å². The molecule has 3 rings (SSSR count). The molecule has 0 radical (unpaired) electrons. The standard InChI is InChI=1S/C17H15N3O2/c1-13-7-8-16-15(11-13)17(18-12-21,9-10-22-16)20-19-14-5-3-2-4-6-14/h2-8,11H,9-10H2,1H3. The van der Waals surface area contributed by atoms with E-state index >= 15 is 0 Å². The van der Waals surface area contributed by atoms with E-state index in [-0.39, 0.29) is 0 Å². The van der Waals surface area contributed by atoms with E-state index in [1.165, 1.54) is 0 Å². The lowest BCUT2D eigenvalue weighted by Gasteiger charge is -2.30. The van der Waals surface area contributed by atoms with Gasteiger partial charge in [-0.2, -0.15) is 15.2 Å². The Morgan fingerprint density at radius 3 is 2.77 bits per heavy atom. The quantitative estimate of drug-likeness (QED) is 0.487. The molecule has 0 bridgehead atoms. The fourth-order valence-electron chi connectivity index (χ4n) is 2.47. The predicted molar refractivity (Wildman–Crippen MR) is 82.0 cm³/mol. The molecule has 1 aliphatic heterocycles. The number of ether oxygens (including phenoxy) is 1. The van der Waals surface area contributed by atoms with Crippen molar-refractivity contribution in [1.29, 1.82) is 0 Å². The maximum Gasteiger partial charge on any atom is 0.237 e. The average Bonchev–Trinajstić information content (AvgIpc) is 2.55. The minimum atomic E-state index is -1.06. The number of aryl methyl sites for hydroxylation is 1. The van der Waals surface area contributed by atoms with Crippen LogP contribution in [0, 0.1) is 6.92 Å². The fraction of sp³-hybridized carbons (Fsp3) is 0.235. The Morgan fingerprint density at radius 1 is 1.18 bits per heavy atom. The molecule has 1 aliphatic rings. The van der Waals surface area contributed by atoms with Crippen LogP contribution in [0.4, 0.5) is 5.69 Å². The van der Waals surface area contributed by atoms with Crippen LogP contribution in [0.1, 0.15) is 17.5 Å². The van der Waals surface area contributed by atoms with Crippen molar-refractivity contribution >= 4 is 11.8 Å². The van der Waals surface area contributed by atoms with Crippen LogP contribution in [0.3, 0.4) is 0 Å². The van der Waals surface area contributed by atoms with Crippen LogP contribution >= 0.6 is 0 Å². The van der Waals surface area contributed by atoms with E-state index < -0.39 is 5.66 Å². The van der Waals surface area contributed by atoms with Crippen molar-refractivity contribution in [3.05, 3.63) is 59.7 Å². The largest absolute Gasteiger partial charge is 0.493 e. The maximum absolute atomic E-state index is 11.0. The molecule has 2 aromatic carbocycles. The van der Waals surface area contributed by atoms with Crippen LogP contribution in [0.15, 0.2) is 63.8 Å². The molecule has 5 nitrogen and oxygen atoms in total. The molecule has 0 saturated heterocycles. The van der Waals surface area contributed by atoms with Gasteiger partial charge in [0.1, 0.15) is 5.75 Å². The minimum absolute atomic E-state index is 0.426. The van der Waals surface area contributed by atoms with E-state index in [1.807, 2.05) is 55.5 Å². The van der Waals surface area contributed by atoms with Gasteiger partial charge < -0.3 is 4.74 Å². The first-order valence-electron chi connectivity index (χ1n) is 7.04. The summed E-state index contributed by atoms with van der Waals surface area (Å²) < 4.78 is 5.64. The third-order valence-corrected chi connectivity index (χ3v) is 3.59. The molecule has 0 amide bonds. The van der Waals surface area contributed by atoms with Gasteiger partial charge in [0, 0.05) is 12.0 Å². The normalized spacial score (nSPS) is 20.0. The number of aliphatic imine (C=N–C) groups is 1. The minimum Gasteiger partial charge on any atom is -0.493 e. The van der Waals surface area contributed by atoms with Crippen molar-refractivity contribution < 1.29 is 9.53 Å². The molecule has 1 unspecified atom stereocenters. The molecule has 1 heterocycles. The number of hydrogen-bond donors (Lipinski definition) is 0. The summed E-state index contributed by atoms with van der Waals surface area (Å²) in [5.41, 5.74) is 1.45. The summed E-state index contributed by atoms with van der Waals surface area (Å²) in [6.45, 7) is 2.40. The smallest absolute Gasteiger partial charge is 0.237 e. The van der Waals surface area contributed by atoms with Crippen LogP contribution in [0.5, 0.6) is 5.75 Å². The predicted octanol–water partition coefficient (Wildman–Crippen LogP) is 4.05. The third-order valence-electron chi connectivity index (χ3n) is 3.59. The molecule has 0 aromatic heterocycles. The lowest BCUT2D eigenvalue weighted by Crippen LogP contribution is -2.29. The highest BCUT2D eigenvalue weighted by Crippen LogP contribution is 2.42. The topological polar surface area (TPSA) is 63.4 Å². The van der Waals surface area contributed by atoms with Gasteiger partial charge in [0.15, 0.2) is 0 Å². The molecule has 0 fully saturated rings. The zero-order chi connectivity index (χ0) is 15.4. The molecule has 1 atom stereocenters. The highest BCUT2D eigenvalue weighted by molar-refractivity contribution is 5.47. The number of nitrogens with zero attached hydrogens (tertiary/aromatic N) is 3. The Balaban J connectivity index is 2.09. The molecule has 22 heavy (non-hydrogen) atoms. The van der Waals surface area contributed by atoms with Gasteiger partial charge in [-0.15, -0.1) is 0 Å². The number of rotatable bonds is 3. The van der Waals surface area contributed by atoms with Crippen LogP contribution < -0.4 is 4.74 Å². The number of isocyanates is 1. The Hall–Kier alpha value is -2.78. The molecule has 0 aliphatic carbocycles. The second-order valence-electron chi connectivity index (χ2n) is 5.15. The van der Waals surface area contributed by atoms with E-state index in [4.69, 9.17) is 4.74 Å². The van der Waals surface area contributed by atoms with Gasteiger partial charge in [-0.3, -0.25) is 0 Å². The number of benzene rings is 2. The van der Waals surface area contributed by atoms with Crippen LogP contribution in [0.2, 0.25) is 0 Å². The first-order valence-corrected chi connectivity index (χ1v) is 7.04. The van der Waals surface area contributed by atoms with E-state index in [1.54, 1.807) is 6.08 Å². The van der Waals surface area contributed by atoms with Gasteiger partial charge in [-0.1, -0.05) is 29.8 Å². The van der Waals surface area contributed by atoms with Gasteiger partial charge in [-0.05, 0) is 31.2 Å². The number of carbonyl (C=O) groups excluding carboxylic acids is 1. The lowest BCUT2D eigenvalue weighted by atomic mass is 9.93. The molecule has 2 aromatic rings. The van der Waals surface area contributed by atoms with E-state index in [9.17, 15) is 4.79 Å². The molecule has 0 N–H and O–H groups in total. The molecule has 110 valence electrons. The summed E-state index contributed by atoms with van der Waals surface area (Å²) in [6, 6.07) is 15.1. The van der Waals surface area contributed by atoms with E-state index in [2.05, 4.69) is 15.2 Å². The SMILES string of the molecule is Cc1ccc2c(c1)C(N=C=O)(N=Nc1ccccc1)CCO2. The summed E-state index contributed by atoms with van der Waals surface area (Å²) in [5, 5.41) is 8.62. The van der Waals surface area contributed by atoms with Crippen molar-refractivity contribution in [2.24, 2.45) is 15.2 Å². The van der Waals surface area contributed by atoms with Gasteiger partial charge in [0.05, 0.1) is 12.3 Å². The third kappa shape index (κ3) is 2.67. The molecule has 0 spiro atoms. The summed E-state index contributed by atoms with van der Waals surface area (Å²) in [7, 11) is 0. The Labute approximate surface area is 128 Å². The molecule has 5 heteroatoms. The van der Waals surface area contributed by atoms with Crippen molar-refractivity contribution in [2.75, 3.05) is 6.61 Å². The molecular formula is C17H15N3O2. The number of hydrogen-bond acceptors (Lipinski definition) is 5. The summed E-state index contributed by atoms with van der Waals surface area (Å²) in [5.74, 6) is 0.683. The van der Waals surface area contributed by atoms with Crippen LogP contribution in [-0.4, -0.2) is 12.7 Å². The van der Waals surface area contributed by atoms with Gasteiger partial charge >= 0.3 is 0 Å². The fourth-order valence-corrected chi connectivity index (χ4v) is 2.47. The van der Waals surface area contributed by atoms with Gasteiger partial charge in [0.2, 0.25) is 11.7 Å². The lowest BCUT2D eigenvalue weighted by molar-refractivity contribution is 0.218. The van der Waals surface area contributed by atoms with Crippen molar-refractivity contribution in [3.8, 4) is 5.75 Å². The number of azo groups is 1. The monoisotopic (exact) mass is 293 g/mol. The van der Waals surface area contributed by atoms with Crippen molar-refractivity contribution in [3.63, 3.8) is 0 Å². The Kier molecular flexibility index (Phi) is 3.81. The van der Waals surface area contributed by atoms with Crippen molar-refractivity contribution in [1.82, 2.24) is 0 Å². The second kappa shape index (κ2) is 5.92. The second-order valence-corrected chi connectivity index (χ2v) is 5.15. The Morgan fingerprint density at radius 2 is 2.00 bits per heavy atom. The summed E-state index contributed by atoms with van der Waals surface area (Å²) >= 11 is 0. The summed E-state index contributed by atoms with van der Waals surface area (Å²) in [6.07, 6.45) is 2.09. The number of fused-ring (bicyclic) bond motifs is 1. The van der Waals surface area contributed by atoms with E-state index in [0.29, 0.717) is 24.5 Å².